The highest BCUT2D eigenvalue weighted by atomic mass is 32.1. The fourth-order valence-corrected chi connectivity index (χ4v) is 8.47. The average molecular weight is 644 g/mol. The van der Waals surface area contributed by atoms with E-state index in [-0.39, 0.29) is 42.0 Å². The third-order valence-electron chi connectivity index (χ3n) is 9.89. The smallest absolute Gasteiger partial charge is 0.250 e. The largest absolute Gasteiger partial charge is 0.353 e. The van der Waals surface area contributed by atoms with Gasteiger partial charge in [0, 0.05) is 24.2 Å². The minimum absolute atomic E-state index is 0.0000816. The average Bonchev–Trinajstić information content (AvgIpc) is 3.82. The Morgan fingerprint density at radius 2 is 1.83 bits per heavy atom. The molecule has 4 atom stereocenters. The molecule has 6 N–H and O–H groups in total. The maximum absolute atomic E-state index is 14.3. The second-order valence-corrected chi connectivity index (χ2v) is 13.8. The number of hydrogen-bond donors (Lipinski definition) is 6. The van der Waals surface area contributed by atoms with Crippen LogP contribution in [0.4, 0.5) is 5.69 Å². The number of para-hydroxylation sites is 1. The number of hydrazine groups is 2. The van der Waals surface area contributed by atoms with Gasteiger partial charge in [-0.3, -0.25) is 24.1 Å². The number of amides is 4. The van der Waals surface area contributed by atoms with Crippen LogP contribution in [0.2, 0.25) is 0 Å². The Morgan fingerprint density at radius 3 is 2.65 bits per heavy atom. The minimum Gasteiger partial charge on any atom is -0.353 e. The zero-order chi connectivity index (χ0) is 31.6. The van der Waals surface area contributed by atoms with Gasteiger partial charge in [0.1, 0.15) is 18.1 Å². The van der Waals surface area contributed by atoms with E-state index >= 15 is 0 Å². The highest BCUT2D eigenvalue weighted by molar-refractivity contribution is 7.17. The predicted molar refractivity (Wildman–Crippen MR) is 177 cm³/mol. The molecule has 7 rings (SSSR count). The van der Waals surface area contributed by atoms with Crippen molar-refractivity contribution in [1.82, 2.24) is 32.3 Å². The van der Waals surface area contributed by atoms with E-state index in [1.54, 1.807) is 16.2 Å². The molecule has 11 nitrogen and oxygen atoms in total. The van der Waals surface area contributed by atoms with Crippen molar-refractivity contribution in [1.29, 1.82) is 0 Å². The van der Waals surface area contributed by atoms with Crippen LogP contribution >= 0.6 is 11.3 Å². The van der Waals surface area contributed by atoms with Crippen molar-refractivity contribution in [2.75, 3.05) is 18.0 Å². The number of aryl methyl sites for hydroxylation is 1. The summed E-state index contributed by atoms with van der Waals surface area (Å²) >= 11 is 1.61. The van der Waals surface area contributed by atoms with Gasteiger partial charge in [0.2, 0.25) is 23.6 Å². The molecule has 4 amide bonds. The van der Waals surface area contributed by atoms with Crippen molar-refractivity contribution in [3.05, 3.63) is 64.5 Å². The number of nitrogens with zero attached hydrogens (tertiary/aromatic N) is 1. The van der Waals surface area contributed by atoms with Crippen molar-refractivity contribution >= 4 is 50.7 Å². The van der Waals surface area contributed by atoms with Crippen molar-refractivity contribution in [2.24, 2.45) is 5.92 Å². The third-order valence-corrected chi connectivity index (χ3v) is 10.9. The molecule has 1 saturated carbocycles. The van der Waals surface area contributed by atoms with Gasteiger partial charge in [0.05, 0.1) is 18.2 Å². The van der Waals surface area contributed by atoms with Crippen LogP contribution < -0.4 is 37.2 Å². The van der Waals surface area contributed by atoms with E-state index in [0.717, 1.165) is 64.6 Å². The van der Waals surface area contributed by atoms with Crippen LogP contribution in [0.25, 0.3) is 10.1 Å². The molecule has 4 aliphatic rings. The molecular weight excluding hydrogens is 602 g/mol. The third kappa shape index (κ3) is 6.26. The highest BCUT2D eigenvalue weighted by Crippen LogP contribution is 2.39. The molecule has 4 heterocycles. The SMILES string of the molecule is O=C(Cc1csc2ccccc12)N[C@H](C(=O)N[C@H]1CCc2cccc3c2N(C1=O)[C@H](C(=O)NCC1CNNN1)C3)C1CCCCC1. The number of rotatable bonds is 9. The Hall–Kier alpha value is -3.84. The van der Waals surface area contributed by atoms with E-state index < -0.39 is 18.1 Å². The Bertz CT molecular complexity index is 1630. The van der Waals surface area contributed by atoms with Crippen LogP contribution in [0, 0.1) is 5.92 Å². The minimum atomic E-state index is -0.810. The lowest BCUT2D eigenvalue weighted by molar-refractivity contribution is -0.133. The molecule has 46 heavy (non-hydrogen) atoms. The van der Waals surface area contributed by atoms with Crippen molar-refractivity contribution in [2.45, 2.75) is 82.0 Å². The number of thiophene rings is 1. The topological polar surface area (TPSA) is 144 Å². The summed E-state index contributed by atoms with van der Waals surface area (Å²) in [6.07, 6.45) is 6.46. The zero-order valence-corrected chi connectivity index (χ0v) is 26.6. The quantitative estimate of drug-likeness (QED) is 0.209. The fourth-order valence-electron chi connectivity index (χ4n) is 7.51. The number of fused-ring (bicyclic) bond motifs is 1. The first-order valence-corrected chi connectivity index (χ1v) is 17.3. The predicted octanol–water partition coefficient (Wildman–Crippen LogP) is 2.00. The summed E-state index contributed by atoms with van der Waals surface area (Å²) < 4.78 is 1.13. The number of hydrogen-bond acceptors (Lipinski definition) is 8. The van der Waals surface area contributed by atoms with Gasteiger partial charge < -0.3 is 16.0 Å². The molecule has 0 radical (unpaired) electrons. The molecule has 1 unspecified atom stereocenters. The number of carbonyl (C=O) groups excluding carboxylic acids is 4. The van der Waals surface area contributed by atoms with Gasteiger partial charge in [-0.2, -0.15) is 5.53 Å². The first-order valence-electron chi connectivity index (χ1n) is 16.5. The van der Waals surface area contributed by atoms with Crippen molar-refractivity contribution in [3.8, 4) is 0 Å². The van der Waals surface area contributed by atoms with E-state index in [4.69, 9.17) is 0 Å². The van der Waals surface area contributed by atoms with Crippen LogP contribution in [0.3, 0.4) is 0 Å². The number of carbonyl (C=O) groups is 4. The molecule has 3 aromatic rings. The molecular formula is C34H41N7O4S. The van der Waals surface area contributed by atoms with E-state index in [1.165, 1.54) is 0 Å². The lowest BCUT2D eigenvalue weighted by Gasteiger charge is -2.32. The number of nitrogens with one attached hydrogen (secondary N) is 6. The molecule has 3 aliphatic heterocycles. The van der Waals surface area contributed by atoms with Gasteiger partial charge in [0.15, 0.2) is 0 Å². The molecule has 0 spiro atoms. The molecule has 12 heteroatoms. The van der Waals surface area contributed by atoms with E-state index in [1.807, 2.05) is 47.8 Å². The Kier molecular flexibility index (Phi) is 9.03. The van der Waals surface area contributed by atoms with Gasteiger partial charge in [-0.1, -0.05) is 55.7 Å². The Morgan fingerprint density at radius 1 is 1.00 bits per heavy atom. The molecule has 0 bridgehead atoms. The monoisotopic (exact) mass is 643 g/mol. The molecule has 2 aromatic carbocycles. The summed E-state index contributed by atoms with van der Waals surface area (Å²) in [5.74, 6) is -1.02. The Balaban J connectivity index is 1.08. The fraction of sp³-hybridized carbons (Fsp3) is 0.471. The maximum Gasteiger partial charge on any atom is 0.250 e. The van der Waals surface area contributed by atoms with Crippen LogP contribution in [0.1, 0.15) is 55.2 Å². The summed E-state index contributed by atoms with van der Waals surface area (Å²) in [7, 11) is 0. The summed E-state index contributed by atoms with van der Waals surface area (Å²) in [5, 5.41) is 12.2. The van der Waals surface area contributed by atoms with E-state index in [9.17, 15) is 19.2 Å². The first kappa shape index (κ1) is 30.8. The molecule has 2 fully saturated rings. The van der Waals surface area contributed by atoms with Gasteiger partial charge in [-0.05, 0) is 65.1 Å². The number of anilines is 1. The lowest BCUT2D eigenvalue weighted by atomic mass is 9.83. The van der Waals surface area contributed by atoms with Gasteiger partial charge in [-0.15, -0.1) is 11.3 Å². The standard InChI is InChI=1S/C34H41N7O4S/c42-29(16-23-19-46-28-12-5-4-11-25(23)28)38-30(20-7-2-1-3-8-20)33(44)37-26-14-13-21-9-6-10-22-15-27(41(31(21)22)34(26)45)32(43)35-17-24-18-36-40-39-24/h4-6,9-12,19-20,24,26-27,30,36,39-40H,1-3,7-8,13-18H2,(H,35,43)(H,37,44)(H,38,42)/t24?,26-,27-,30-/m0/s1. The summed E-state index contributed by atoms with van der Waals surface area (Å²) in [4.78, 5) is 56.9. The molecule has 1 aliphatic carbocycles. The molecule has 1 aromatic heterocycles. The first-order chi connectivity index (χ1) is 22.5. The normalized spacial score (nSPS) is 23.5. The second-order valence-electron chi connectivity index (χ2n) is 12.9. The summed E-state index contributed by atoms with van der Waals surface area (Å²) in [6.45, 7) is 1.07. The van der Waals surface area contributed by atoms with Crippen LogP contribution in [-0.2, 0) is 38.4 Å². The molecule has 242 valence electrons. The van der Waals surface area contributed by atoms with Gasteiger partial charge in [0.25, 0.3) is 0 Å². The van der Waals surface area contributed by atoms with E-state index in [2.05, 4.69) is 32.3 Å². The van der Waals surface area contributed by atoms with Crippen LogP contribution in [-0.4, -0.2) is 60.9 Å². The number of benzene rings is 2. The van der Waals surface area contributed by atoms with Crippen molar-refractivity contribution < 1.29 is 19.2 Å². The van der Waals surface area contributed by atoms with Gasteiger partial charge >= 0.3 is 0 Å². The van der Waals surface area contributed by atoms with Crippen LogP contribution in [0.15, 0.2) is 47.8 Å². The summed E-state index contributed by atoms with van der Waals surface area (Å²) in [5.41, 5.74) is 12.6. The lowest BCUT2D eigenvalue weighted by Crippen LogP contribution is -2.59. The van der Waals surface area contributed by atoms with Crippen LogP contribution in [0.5, 0.6) is 0 Å². The second kappa shape index (κ2) is 13.5. The maximum atomic E-state index is 14.3. The van der Waals surface area contributed by atoms with Crippen molar-refractivity contribution in [3.63, 3.8) is 0 Å². The molecule has 1 saturated heterocycles. The van der Waals surface area contributed by atoms with Gasteiger partial charge in [-0.25, -0.2) is 10.9 Å². The van der Waals surface area contributed by atoms with E-state index in [0.29, 0.717) is 32.4 Å². The Labute approximate surface area is 272 Å². The highest BCUT2D eigenvalue weighted by Gasteiger charge is 2.45. The summed E-state index contributed by atoms with van der Waals surface area (Å²) in [6, 6.07) is 11.8. The zero-order valence-electron chi connectivity index (χ0n) is 25.8.